The molecular formula is C19H16FN5O2. The highest BCUT2D eigenvalue weighted by atomic mass is 19.1. The number of fused-ring (bicyclic) bond motifs is 1. The van der Waals surface area contributed by atoms with Gasteiger partial charge < -0.3 is 14.8 Å². The number of aliphatic hydroxyl groups excluding tert-OH is 1. The van der Waals surface area contributed by atoms with Gasteiger partial charge in [0.25, 0.3) is 0 Å². The molecule has 0 unspecified atom stereocenters. The minimum Gasteiger partial charge on any atom is -0.494 e. The third kappa shape index (κ3) is 2.41. The zero-order valence-electron chi connectivity index (χ0n) is 14.4. The largest absolute Gasteiger partial charge is 0.494 e. The normalized spacial score (nSPS) is 18.9. The van der Waals surface area contributed by atoms with Crippen molar-refractivity contribution in [3.8, 4) is 22.8 Å². The van der Waals surface area contributed by atoms with Crippen LogP contribution < -0.4 is 0 Å². The average Bonchev–Trinajstić information content (AvgIpc) is 3.12. The van der Waals surface area contributed by atoms with Gasteiger partial charge in [0.15, 0.2) is 5.88 Å². The maximum absolute atomic E-state index is 14.0. The molecule has 3 aromatic heterocycles. The smallest absolute Gasteiger partial charge is 0.238 e. The fourth-order valence-corrected chi connectivity index (χ4v) is 3.45. The van der Waals surface area contributed by atoms with Crippen molar-refractivity contribution in [3.63, 3.8) is 0 Å². The SMILES string of the molecule is Cc1c(-c2ccc3c(O)n([C@@H]4C[C@H]4O)cc3c2)nnn1-c1cccnc1F. The lowest BCUT2D eigenvalue weighted by atomic mass is 10.1. The van der Waals surface area contributed by atoms with Gasteiger partial charge in [0.1, 0.15) is 11.4 Å². The van der Waals surface area contributed by atoms with Crippen molar-refractivity contribution in [1.82, 2.24) is 24.5 Å². The van der Waals surface area contributed by atoms with Crippen LogP contribution in [-0.2, 0) is 0 Å². The lowest BCUT2D eigenvalue weighted by Crippen LogP contribution is -2.03. The summed E-state index contributed by atoms with van der Waals surface area (Å²) in [6.45, 7) is 1.81. The van der Waals surface area contributed by atoms with E-state index in [9.17, 15) is 14.6 Å². The summed E-state index contributed by atoms with van der Waals surface area (Å²) in [6, 6.07) is 8.72. The Morgan fingerprint density at radius 1 is 1.26 bits per heavy atom. The summed E-state index contributed by atoms with van der Waals surface area (Å²) in [5.74, 6) is -0.464. The summed E-state index contributed by atoms with van der Waals surface area (Å²) < 4.78 is 17.1. The molecule has 3 heterocycles. The maximum atomic E-state index is 14.0. The number of aromatic nitrogens is 5. The van der Waals surface area contributed by atoms with Gasteiger partial charge in [0, 0.05) is 28.7 Å². The lowest BCUT2D eigenvalue weighted by Gasteiger charge is -2.04. The van der Waals surface area contributed by atoms with E-state index >= 15 is 0 Å². The summed E-state index contributed by atoms with van der Waals surface area (Å²) in [5.41, 5.74) is 2.35. The van der Waals surface area contributed by atoms with Crippen LogP contribution in [-0.4, -0.2) is 40.9 Å². The molecular weight excluding hydrogens is 349 g/mol. The molecule has 0 saturated heterocycles. The first kappa shape index (κ1) is 16.0. The van der Waals surface area contributed by atoms with Gasteiger partial charge in [-0.25, -0.2) is 9.67 Å². The third-order valence-corrected chi connectivity index (χ3v) is 5.03. The molecule has 136 valence electrons. The molecule has 1 aliphatic carbocycles. The Bertz CT molecular complexity index is 1180. The lowest BCUT2D eigenvalue weighted by molar-refractivity contribution is 0.255. The Hall–Kier alpha value is -3.26. The van der Waals surface area contributed by atoms with Crippen LogP contribution in [0.4, 0.5) is 4.39 Å². The number of pyridine rings is 1. The van der Waals surface area contributed by atoms with Crippen molar-refractivity contribution in [2.75, 3.05) is 0 Å². The van der Waals surface area contributed by atoms with E-state index in [4.69, 9.17) is 0 Å². The van der Waals surface area contributed by atoms with Gasteiger partial charge in [0.2, 0.25) is 5.95 Å². The van der Waals surface area contributed by atoms with Gasteiger partial charge in [-0.2, -0.15) is 4.39 Å². The highest BCUT2D eigenvalue weighted by molar-refractivity contribution is 5.91. The number of nitrogens with zero attached hydrogens (tertiary/aromatic N) is 5. The van der Waals surface area contributed by atoms with Crippen LogP contribution in [0.2, 0.25) is 0 Å². The van der Waals surface area contributed by atoms with Crippen LogP contribution >= 0.6 is 0 Å². The Balaban J connectivity index is 1.59. The quantitative estimate of drug-likeness (QED) is 0.545. The maximum Gasteiger partial charge on any atom is 0.238 e. The molecule has 27 heavy (non-hydrogen) atoms. The van der Waals surface area contributed by atoms with Crippen molar-refractivity contribution in [3.05, 3.63) is 54.4 Å². The molecule has 4 aromatic rings. The van der Waals surface area contributed by atoms with Crippen LogP contribution in [0.5, 0.6) is 5.88 Å². The van der Waals surface area contributed by atoms with Gasteiger partial charge in [-0.3, -0.25) is 0 Å². The van der Waals surface area contributed by atoms with Crippen molar-refractivity contribution in [1.29, 1.82) is 0 Å². The molecule has 0 bridgehead atoms. The predicted octanol–water partition coefficient (Wildman–Crippen LogP) is 2.74. The number of benzene rings is 1. The van der Waals surface area contributed by atoms with Gasteiger partial charge in [-0.1, -0.05) is 11.3 Å². The van der Waals surface area contributed by atoms with E-state index < -0.39 is 12.1 Å². The first-order valence-corrected chi connectivity index (χ1v) is 8.60. The fourth-order valence-electron chi connectivity index (χ4n) is 3.45. The van der Waals surface area contributed by atoms with Crippen molar-refractivity contribution in [2.24, 2.45) is 0 Å². The minimum atomic E-state index is -0.613. The molecule has 2 atom stereocenters. The van der Waals surface area contributed by atoms with Crippen LogP contribution in [0.1, 0.15) is 18.2 Å². The predicted molar refractivity (Wildman–Crippen MR) is 96.1 cm³/mol. The van der Waals surface area contributed by atoms with Crippen molar-refractivity contribution in [2.45, 2.75) is 25.5 Å². The molecule has 7 nitrogen and oxygen atoms in total. The molecule has 2 N–H and O–H groups in total. The standard InChI is InChI=1S/C19H16FN5O2/c1-10-17(22-23-25(10)14-3-2-6-21-18(14)20)11-4-5-13-12(7-11)9-24(19(13)27)15-8-16(15)26/h2-7,9,15-16,26-27H,8H2,1H3/t15-,16-/m1/s1. The molecule has 0 radical (unpaired) electrons. The number of rotatable bonds is 3. The van der Waals surface area contributed by atoms with Gasteiger partial charge in [0.05, 0.1) is 17.8 Å². The molecule has 8 heteroatoms. The van der Waals surface area contributed by atoms with E-state index in [1.807, 2.05) is 31.3 Å². The monoisotopic (exact) mass is 365 g/mol. The highest BCUT2D eigenvalue weighted by Crippen LogP contribution is 2.42. The fraction of sp³-hybridized carbons (Fsp3) is 0.211. The molecule has 0 aliphatic heterocycles. The van der Waals surface area contributed by atoms with E-state index in [0.29, 0.717) is 23.2 Å². The molecule has 0 amide bonds. The van der Waals surface area contributed by atoms with E-state index in [1.54, 1.807) is 16.7 Å². The van der Waals surface area contributed by atoms with Crippen molar-refractivity contribution < 1.29 is 14.6 Å². The Labute approximate surface area is 153 Å². The molecule has 5 rings (SSSR count). The zero-order chi connectivity index (χ0) is 18.7. The summed E-state index contributed by atoms with van der Waals surface area (Å²) in [6.07, 6.45) is 3.45. The molecule has 0 spiro atoms. The Morgan fingerprint density at radius 3 is 2.81 bits per heavy atom. The van der Waals surface area contributed by atoms with E-state index in [2.05, 4.69) is 15.3 Å². The second-order valence-corrected chi connectivity index (χ2v) is 6.78. The molecule has 1 aliphatic rings. The van der Waals surface area contributed by atoms with Gasteiger partial charge >= 0.3 is 0 Å². The van der Waals surface area contributed by atoms with Crippen molar-refractivity contribution >= 4 is 10.8 Å². The second kappa shape index (κ2) is 5.62. The van der Waals surface area contributed by atoms with Gasteiger partial charge in [-0.05, 0) is 37.6 Å². The van der Waals surface area contributed by atoms with Crippen LogP contribution in [0, 0.1) is 12.9 Å². The number of halogens is 1. The number of aromatic hydroxyl groups is 1. The summed E-state index contributed by atoms with van der Waals surface area (Å²) in [4.78, 5) is 3.65. The van der Waals surface area contributed by atoms with Crippen LogP contribution in [0.25, 0.3) is 27.7 Å². The summed E-state index contributed by atoms with van der Waals surface area (Å²) in [5, 5.41) is 29.9. The first-order chi connectivity index (χ1) is 13.0. The third-order valence-electron chi connectivity index (χ3n) is 5.03. The van der Waals surface area contributed by atoms with Crippen LogP contribution in [0.15, 0.2) is 42.7 Å². The first-order valence-electron chi connectivity index (χ1n) is 8.60. The zero-order valence-corrected chi connectivity index (χ0v) is 14.4. The summed E-state index contributed by atoms with van der Waals surface area (Å²) in [7, 11) is 0. The number of hydrogen-bond acceptors (Lipinski definition) is 5. The average molecular weight is 365 g/mol. The minimum absolute atomic E-state index is 0.0722. The molecule has 1 saturated carbocycles. The topological polar surface area (TPSA) is 89.0 Å². The highest BCUT2D eigenvalue weighted by Gasteiger charge is 2.38. The van der Waals surface area contributed by atoms with E-state index in [0.717, 1.165) is 10.9 Å². The van der Waals surface area contributed by atoms with E-state index in [-0.39, 0.29) is 17.6 Å². The summed E-state index contributed by atoms with van der Waals surface area (Å²) >= 11 is 0. The van der Waals surface area contributed by atoms with Gasteiger partial charge in [-0.15, -0.1) is 5.10 Å². The van der Waals surface area contributed by atoms with Crippen LogP contribution in [0.3, 0.4) is 0 Å². The van der Waals surface area contributed by atoms with E-state index in [1.165, 1.54) is 10.9 Å². The molecule has 1 fully saturated rings. The molecule has 1 aromatic carbocycles. The number of aliphatic hydroxyl groups is 1. The Morgan fingerprint density at radius 2 is 2.07 bits per heavy atom. The Kier molecular flexibility index (Phi) is 3.32. The second-order valence-electron chi connectivity index (χ2n) is 6.78. The number of hydrogen-bond donors (Lipinski definition) is 2.